The third-order valence-electron chi connectivity index (χ3n) is 4.60. The second kappa shape index (κ2) is 10.3. The van der Waals surface area contributed by atoms with E-state index in [1.54, 1.807) is 55.6 Å². The highest BCUT2D eigenvalue weighted by atomic mass is 16.6. The zero-order chi connectivity index (χ0) is 22.2. The molecule has 0 heterocycles. The SMILES string of the molecule is COc1ccc(NC(=O)c2ccc(OC(=O)COc3ccc(C(C)C)cc3)cc2)cc1. The Kier molecular flexibility index (Phi) is 7.27. The third kappa shape index (κ3) is 6.34. The van der Waals surface area contributed by atoms with Crippen LogP contribution in [0.2, 0.25) is 0 Å². The van der Waals surface area contributed by atoms with Crippen LogP contribution in [0.3, 0.4) is 0 Å². The summed E-state index contributed by atoms with van der Waals surface area (Å²) in [5.74, 6) is 1.29. The van der Waals surface area contributed by atoms with Gasteiger partial charge >= 0.3 is 5.97 Å². The maximum Gasteiger partial charge on any atom is 0.349 e. The number of esters is 1. The van der Waals surface area contributed by atoms with E-state index in [2.05, 4.69) is 19.2 Å². The maximum absolute atomic E-state index is 12.4. The van der Waals surface area contributed by atoms with Crippen LogP contribution in [-0.4, -0.2) is 25.6 Å². The van der Waals surface area contributed by atoms with Crippen LogP contribution in [0.4, 0.5) is 5.69 Å². The van der Waals surface area contributed by atoms with Crippen molar-refractivity contribution in [1.82, 2.24) is 0 Å². The topological polar surface area (TPSA) is 73.9 Å². The minimum Gasteiger partial charge on any atom is -0.497 e. The zero-order valence-electron chi connectivity index (χ0n) is 17.8. The average molecular weight is 419 g/mol. The van der Waals surface area contributed by atoms with Gasteiger partial charge in [-0.25, -0.2) is 4.79 Å². The number of nitrogens with one attached hydrogen (secondary N) is 1. The first kappa shape index (κ1) is 21.9. The first-order chi connectivity index (χ1) is 14.9. The predicted octanol–water partition coefficient (Wildman–Crippen LogP) is 5.06. The number of carbonyl (C=O) groups is 2. The quantitative estimate of drug-likeness (QED) is 0.408. The Hall–Kier alpha value is -3.80. The maximum atomic E-state index is 12.4. The van der Waals surface area contributed by atoms with Crippen molar-refractivity contribution in [2.45, 2.75) is 19.8 Å². The van der Waals surface area contributed by atoms with Gasteiger partial charge in [-0.05, 0) is 72.1 Å². The third-order valence-corrected chi connectivity index (χ3v) is 4.60. The molecule has 0 aliphatic rings. The van der Waals surface area contributed by atoms with Crippen molar-refractivity contribution in [2.75, 3.05) is 19.0 Å². The molecule has 6 heteroatoms. The van der Waals surface area contributed by atoms with Crippen molar-refractivity contribution in [3.63, 3.8) is 0 Å². The lowest BCUT2D eigenvalue weighted by atomic mass is 10.0. The summed E-state index contributed by atoms with van der Waals surface area (Å²) in [6.07, 6.45) is 0. The van der Waals surface area contributed by atoms with Gasteiger partial charge in [0.2, 0.25) is 0 Å². The lowest BCUT2D eigenvalue weighted by Crippen LogP contribution is -2.18. The molecule has 0 unspecified atom stereocenters. The monoisotopic (exact) mass is 419 g/mol. The van der Waals surface area contributed by atoms with Gasteiger partial charge in [-0.2, -0.15) is 0 Å². The Morgan fingerprint density at radius 1 is 0.806 bits per heavy atom. The van der Waals surface area contributed by atoms with Crippen molar-refractivity contribution in [1.29, 1.82) is 0 Å². The van der Waals surface area contributed by atoms with E-state index in [1.165, 1.54) is 5.56 Å². The molecule has 0 saturated heterocycles. The highest BCUT2D eigenvalue weighted by molar-refractivity contribution is 6.04. The van der Waals surface area contributed by atoms with Crippen molar-refractivity contribution >= 4 is 17.6 Å². The first-order valence-electron chi connectivity index (χ1n) is 9.93. The van der Waals surface area contributed by atoms with Gasteiger partial charge in [-0.1, -0.05) is 26.0 Å². The van der Waals surface area contributed by atoms with E-state index in [1.807, 2.05) is 24.3 Å². The average Bonchev–Trinajstić information content (AvgIpc) is 2.79. The van der Waals surface area contributed by atoms with Crippen LogP contribution in [0.15, 0.2) is 72.8 Å². The largest absolute Gasteiger partial charge is 0.497 e. The lowest BCUT2D eigenvalue weighted by molar-refractivity contribution is -0.136. The fourth-order valence-corrected chi connectivity index (χ4v) is 2.80. The van der Waals surface area contributed by atoms with E-state index >= 15 is 0 Å². The van der Waals surface area contributed by atoms with Gasteiger partial charge in [0.05, 0.1) is 7.11 Å². The number of ether oxygens (including phenoxy) is 3. The summed E-state index contributed by atoms with van der Waals surface area (Å²) in [5, 5.41) is 2.80. The van der Waals surface area contributed by atoms with Crippen molar-refractivity contribution in [2.24, 2.45) is 0 Å². The molecule has 31 heavy (non-hydrogen) atoms. The number of hydrogen-bond acceptors (Lipinski definition) is 5. The molecular weight excluding hydrogens is 394 g/mol. The molecule has 3 rings (SSSR count). The molecule has 0 spiro atoms. The first-order valence-corrected chi connectivity index (χ1v) is 9.93. The summed E-state index contributed by atoms with van der Waals surface area (Å²) in [5.41, 5.74) is 2.29. The van der Waals surface area contributed by atoms with Crippen LogP contribution in [0.5, 0.6) is 17.2 Å². The fraction of sp³-hybridized carbons (Fsp3) is 0.200. The second-order valence-corrected chi connectivity index (χ2v) is 7.19. The van der Waals surface area contributed by atoms with Crippen LogP contribution in [0.25, 0.3) is 0 Å². The van der Waals surface area contributed by atoms with Gasteiger partial charge in [0.15, 0.2) is 6.61 Å². The normalized spacial score (nSPS) is 10.5. The van der Waals surface area contributed by atoms with E-state index in [-0.39, 0.29) is 12.5 Å². The molecule has 0 saturated carbocycles. The minimum absolute atomic E-state index is 0.208. The minimum atomic E-state index is -0.525. The molecular formula is C25H25NO5. The molecule has 0 bridgehead atoms. The number of benzene rings is 3. The summed E-state index contributed by atoms with van der Waals surface area (Å²) in [6.45, 7) is 4.02. The van der Waals surface area contributed by atoms with Crippen molar-refractivity contribution in [3.8, 4) is 17.2 Å². The molecule has 0 aliphatic heterocycles. The fourth-order valence-electron chi connectivity index (χ4n) is 2.80. The van der Waals surface area contributed by atoms with E-state index < -0.39 is 5.97 Å². The standard InChI is InChI=1S/C25H25NO5/c1-17(2)18-4-10-22(11-5-18)30-16-24(27)31-23-12-6-19(7-13-23)25(28)26-20-8-14-21(29-3)15-9-20/h4-15,17H,16H2,1-3H3,(H,26,28). The van der Waals surface area contributed by atoms with E-state index in [9.17, 15) is 9.59 Å². The molecule has 0 aliphatic carbocycles. The molecule has 3 aromatic carbocycles. The number of methoxy groups -OCH3 is 1. The highest BCUT2D eigenvalue weighted by Crippen LogP contribution is 2.19. The Morgan fingerprint density at radius 3 is 1.97 bits per heavy atom. The summed E-state index contributed by atoms with van der Waals surface area (Å²) >= 11 is 0. The van der Waals surface area contributed by atoms with Crippen LogP contribution in [-0.2, 0) is 4.79 Å². The van der Waals surface area contributed by atoms with Crippen molar-refractivity contribution in [3.05, 3.63) is 83.9 Å². The van der Waals surface area contributed by atoms with Gasteiger partial charge in [0, 0.05) is 11.3 Å². The smallest absolute Gasteiger partial charge is 0.349 e. The Labute approximate surface area is 181 Å². The van der Waals surface area contributed by atoms with E-state index in [0.29, 0.717) is 34.4 Å². The lowest BCUT2D eigenvalue weighted by Gasteiger charge is -2.09. The predicted molar refractivity (Wildman–Crippen MR) is 119 cm³/mol. The van der Waals surface area contributed by atoms with Gasteiger partial charge in [-0.15, -0.1) is 0 Å². The van der Waals surface area contributed by atoms with E-state index in [0.717, 1.165) is 0 Å². The molecule has 3 aromatic rings. The molecule has 0 aromatic heterocycles. The molecule has 0 fully saturated rings. The van der Waals surface area contributed by atoms with Gasteiger partial charge in [0.25, 0.3) is 5.91 Å². The Morgan fingerprint density at radius 2 is 1.39 bits per heavy atom. The highest BCUT2D eigenvalue weighted by Gasteiger charge is 2.10. The van der Waals surface area contributed by atoms with Gasteiger partial charge < -0.3 is 19.5 Å². The molecule has 1 N–H and O–H groups in total. The zero-order valence-corrected chi connectivity index (χ0v) is 17.8. The summed E-state index contributed by atoms with van der Waals surface area (Å²) in [7, 11) is 1.58. The molecule has 0 radical (unpaired) electrons. The number of anilines is 1. The summed E-state index contributed by atoms with van der Waals surface area (Å²) in [6, 6.07) is 21.0. The van der Waals surface area contributed by atoms with Crippen molar-refractivity contribution < 1.29 is 23.8 Å². The molecule has 160 valence electrons. The number of carbonyl (C=O) groups excluding carboxylic acids is 2. The van der Waals surface area contributed by atoms with E-state index in [4.69, 9.17) is 14.2 Å². The number of rotatable bonds is 8. The van der Waals surface area contributed by atoms with Crippen LogP contribution < -0.4 is 19.5 Å². The second-order valence-electron chi connectivity index (χ2n) is 7.19. The summed E-state index contributed by atoms with van der Waals surface area (Å²) in [4.78, 5) is 24.4. The van der Waals surface area contributed by atoms with Gasteiger partial charge in [-0.3, -0.25) is 4.79 Å². The molecule has 1 amide bonds. The van der Waals surface area contributed by atoms with Crippen LogP contribution in [0, 0.1) is 0 Å². The van der Waals surface area contributed by atoms with Gasteiger partial charge in [0.1, 0.15) is 17.2 Å². The Bertz CT molecular complexity index is 1010. The number of hydrogen-bond donors (Lipinski definition) is 1. The summed E-state index contributed by atoms with van der Waals surface area (Å²) < 4.78 is 15.8. The van der Waals surface area contributed by atoms with Crippen LogP contribution in [0.1, 0.15) is 35.7 Å². The number of amides is 1. The Balaban J connectivity index is 1.49. The molecule has 6 nitrogen and oxygen atoms in total. The van der Waals surface area contributed by atoms with Crippen LogP contribution >= 0.6 is 0 Å². The molecule has 0 atom stereocenters.